The fourth-order valence-electron chi connectivity index (χ4n) is 3.25. The normalized spacial score (nSPS) is 18.0. The molecular weight excluding hydrogens is 380 g/mol. The summed E-state index contributed by atoms with van der Waals surface area (Å²) in [5.41, 5.74) is 1.70. The molecule has 2 heterocycles. The van der Waals surface area contributed by atoms with E-state index in [1.807, 2.05) is 37.1 Å². The van der Waals surface area contributed by atoms with Gasteiger partial charge < -0.3 is 14.6 Å². The third-order valence-corrected chi connectivity index (χ3v) is 4.88. The number of piperidine rings is 1. The molecule has 1 saturated heterocycles. The van der Waals surface area contributed by atoms with E-state index < -0.39 is 0 Å². The van der Waals surface area contributed by atoms with Gasteiger partial charge in [0.25, 0.3) is 5.91 Å². The van der Waals surface area contributed by atoms with Gasteiger partial charge in [-0.3, -0.25) is 4.79 Å². The van der Waals surface area contributed by atoms with Crippen LogP contribution < -0.4 is 5.32 Å². The van der Waals surface area contributed by atoms with Crippen LogP contribution in [0.1, 0.15) is 29.0 Å². The number of likely N-dealkylation sites (tertiary alicyclic amines) is 1. The highest BCUT2D eigenvalue weighted by molar-refractivity contribution is 9.10. The number of furan rings is 1. The highest BCUT2D eigenvalue weighted by atomic mass is 79.9. The van der Waals surface area contributed by atoms with Gasteiger partial charge in [-0.2, -0.15) is 0 Å². The SMILES string of the molecule is CNCC1CCCN(C(=O)c2oc3ccc(Br)cc3c2C)C1.Cl. The number of nitrogens with one attached hydrogen (secondary N) is 1. The largest absolute Gasteiger partial charge is 0.451 e. The second-order valence-electron chi connectivity index (χ2n) is 6.01. The van der Waals surface area contributed by atoms with E-state index in [1.54, 1.807) is 0 Å². The highest BCUT2D eigenvalue weighted by Crippen LogP contribution is 2.29. The number of fused-ring (bicyclic) bond motifs is 1. The first-order chi connectivity index (χ1) is 10.6. The first-order valence-corrected chi connectivity index (χ1v) is 8.52. The molecule has 0 spiro atoms. The lowest BCUT2D eigenvalue weighted by Gasteiger charge is -2.32. The van der Waals surface area contributed by atoms with Crippen LogP contribution in [0, 0.1) is 12.8 Å². The van der Waals surface area contributed by atoms with E-state index >= 15 is 0 Å². The van der Waals surface area contributed by atoms with Gasteiger partial charge in [0.2, 0.25) is 0 Å². The van der Waals surface area contributed by atoms with Gasteiger partial charge in [-0.15, -0.1) is 12.4 Å². The summed E-state index contributed by atoms with van der Waals surface area (Å²) in [5, 5.41) is 4.21. The first-order valence-electron chi connectivity index (χ1n) is 7.72. The van der Waals surface area contributed by atoms with Crippen LogP contribution in [0.4, 0.5) is 0 Å². The number of halogens is 2. The summed E-state index contributed by atoms with van der Waals surface area (Å²) in [6.45, 7) is 4.54. The van der Waals surface area contributed by atoms with Gasteiger partial charge >= 0.3 is 0 Å². The molecule has 0 aliphatic carbocycles. The van der Waals surface area contributed by atoms with Crippen LogP contribution in [0.25, 0.3) is 11.0 Å². The zero-order valence-electron chi connectivity index (χ0n) is 13.4. The van der Waals surface area contributed by atoms with Crippen LogP contribution in [0.5, 0.6) is 0 Å². The number of amides is 1. The molecule has 2 aromatic rings. The molecule has 1 unspecified atom stereocenters. The zero-order chi connectivity index (χ0) is 15.7. The van der Waals surface area contributed by atoms with Gasteiger partial charge in [-0.25, -0.2) is 0 Å². The first kappa shape index (κ1) is 18.3. The van der Waals surface area contributed by atoms with Crippen LogP contribution in [0.3, 0.4) is 0 Å². The monoisotopic (exact) mass is 400 g/mol. The Labute approximate surface area is 151 Å². The van der Waals surface area contributed by atoms with Crippen molar-refractivity contribution in [3.05, 3.63) is 34.0 Å². The predicted octanol–water partition coefficient (Wildman–Crippen LogP) is 4.00. The van der Waals surface area contributed by atoms with Crippen molar-refractivity contribution in [3.8, 4) is 0 Å². The molecule has 1 amide bonds. The number of benzene rings is 1. The molecule has 1 aromatic heterocycles. The fraction of sp³-hybridized carbons (Fsp3) is 0.471. The molecule has 0 saturated carbocycles. The number of aryl methyl sites for hydroxylation is 1. The quantitative estimate of drug-likeness (QED) is 0.845. The van der Waals surface area contributed by atoms with E-state index in [-0.39, 0.29) is 18.3 Å². The molecular formula is C17H22BrClN2O2. The van der Waals surface area contributed by atoms with Gasteiger partial charge in [0.1, 0.15) is 5.58 Å². The Kier molecular flexibility index (Phi) is 6.12. The third-order valence-electron chi connectivity index (χ3n) is 4.39. The summed E-state index contributed by atoms with van der Waals surface area (Å²) in [4.78, 5) is 14.8. The van der Waals surface area contributed by atoms with Gasteiger partial charge in [0, 0.05) is 28.5 Å². The van der Waals surface area contributed by atoms with E-state index in [2.05, 4.69) is 21.2 Å². The Bertz CT molecular complexity index is 699. The lowest BCUT2D eigenvalue weighted by Crippen LogP contribution is -2.42. The lowest BCUT2D eigenvalue weighted by atomic mass is 9.97. The lowest BCUT2D eigenvalue weighted by molar-refractivity contribution is 0.0643. The minimum Gasteiger partial charge on any atom is -0.451 e. The predicted molar refractivity (Wildman–Crippen MR) is 98.5 cm³/mol. The second kappa shape index (κ2) is 7.69. The maximum absolute atomic E-state index is 12.8. The van der Waals surface area contributed by atoms with Crippen molar-refractivity contribution in [2.75, 3.05) is 26.7 Å². The number of hydrogen-bond acceptors (Lipinski definition) is 3. The Hall–Kier alpha value is -1.04. The highest BCUT2D eigenvalue weighted by Gasteiger charge is 2.27. The number of hydrogen-bond donors (Lipinski definition) is 1. The molecule has 1 aliphatic rings. The Morgan fingerprint density at radius 3 is 3.00 bits per heavy atom. The van der Waals surface area contributed by atoms with Crippen molar-refractivity contribution < 1.29 is 9.21 Å². The molecule has 3 rings (SSSR count). The maximum atomic E-state index is 12.8. The van der Waals surface area contributed by atoms with E-state index in [1.165, 1.54) is 6.42 Å². The van der Waals surface area contributed by atoms with Crippen LogP contribution in [-0.4, -0.2) is 37.5 Å². The Morgan fingerprint density at radius 1 is 1.48 bits per heavy atom. The average molecular weight is 402 g/mol. The molecule has 1 aromatic carbocycles. The third kappa shape index (κ3) is 3.73. The van der Waals surface area contributed by atoms with Crippen molar-refractivity contribution in [2.24, 2.45) is 5.92 Å². The summed E-state index contributed by atoms with van der Waals surface area (Å²) in [6, 6.07) is 5.84. The Balaban J connectivity index is 0.00000192. The van der Waals surface area contributed by atoms with Crippen molar-refractivity contribution >= 4 is 45.2 Å². The molecule has 0 bridgehead atoms. The summed E-state index contributed by atoms with van der Waals surface area (Å²) in [7, 11) is 1.96. The minimum absolute atomic E-state index is 0. The van der Waals surface area contributed by atoms with E-state index in [0.29, 0.717) is 11.7 Å². The molecule has 4 nitrogen and oxygen atoms in total. The number of nitrogens with zero attached hydrogens (tertiary/aromatic N) is 1. The topological polar surface area (TPSA) is 45.5 Å². The number of carbonyl (C=O) groups excluding carboxylic acids is 1. The fourth-order valence-corrected chi connectivity index (χ4v) is 3.61. The van der Waals surface area contributed by atoms with Crippen molar-refractivity contribution in [2.45, 2.75) is 19.8 Å². The molecule has 126 valence electrons. The standard InChI is InChI=1S/C17H21BrN2O2.ClH/c1-11-14-8-13(18)5-6-15(14)22-16(11)17(21)20-7-3-4-12(10-20)9-19-2;/h5-6,8,12,19H,3-4,7,9-10H2,1-2H3;1H. The number of rotatable bonds is 3. The molecule has 6 heteroatoms. The van der Waals surface area contributed by atoms with Crippen molar-refractivity contribution in [1.82, 2.24) is 10.2 Å². The summed E-state index contributed by atoms with van der Waals surface area (Å²) in [5.74, 6) is 1.03. The molecule has 1 fully saturated rings. The van der Waals surface area contributed by atoms with Crippen LogP contribution >= 0.6 is 28.3 Å². The van der Waals surface area contributed by atoms with E-state index in [0.717, 1.165) is 47.1 Å². The average Bonchev–Trinajstić information content (AvgIpc) is 2.84. The molecule has 1 N–H and O–H groups in total. The van der Waals surface area contributed by atoms with Crippen LogP contribution in [0.15, 0.2) is 27.1 Å². The second-order valence-corrected chi connectivity index (χ2v) is 6.93. The van der Waals surface area contributed by atoms with Gasteiger partial charge in [-0.05, 0) is 57.5 Å². The Morgan fingerprint density at radius 2 is 2.26 bits per heavy atom. The molecule has 23 heavy (non-hydrogen) atoms. The van der Waals surface area contributed by atoms with Gasteiger partial charge in [0.05, 0.1) is 0 Å². The number of carbonyl (C=O) groups is 1. The smallest absolute Gasteiger partial charge is 0.289 e. The maximum Gasteiger partial charge on any atom is 0.289 e. The molecule has 1 atom stereocenters. The zero-order valence-corrected chi connectivity index (χ0v) is 15.8. The molecule has 1 aliphatic heterocycles. The summed E-state index contributed by atoms with van der Waals surface area (Å²) in [6.07, 6.45) is 2.24. The summed E-state index contributed by atoms with van der Waals surface area (Å²) >= 11 is 3.47. The van der Waals surface area contributed by atoms with E-state index in [4.69, 9.17) is 4.42 Å². The van der Waals surface area contributed by atoms with E-state index in [9.17, 15) is 4.79 Å². The molecule has 0 radical (unpaired) electrons. The summed E-state index contributed by atoms with van der Waals surface area (Å²) < 4.78 is 6.83. The minimum atomic E-state index is 0. The van der Waals surface area contributed by atoms with Crippen LogP contribution in [-0.2, 0) is 0 Å². The van der Waals surface area contributed by atoms with Gasteiger partial charge in [0.15, 0.2) is 5.76 Å². The van der Waals surface area contributed by atoms with Crippen molar-refractivity contribution in [3.63, 3.8) is 0 Å². The van der Waals surface area contributed by atoms with Gasteiger partial charge in [-0.1, -0.05) is 15.9 Å². The van der Waals surface area contributed by atoms with Crippen LogP contribution in [0.2, 0.25) is 0 Å². The van der Waals surface area contributed by atoms with Crippen molar-refractivity contribution in [1.29, 1.82) is 0 Å².